The number of aryl methyl sites for hydroxylation is 2. The van der Waals surface area contributed by atoms with Crippen LogP contribution >= 0.6 is 0 Å². The van der Waals surface area contributed by atoms with Crippen molar-refractivity contribution in [1.29, 1.82) is 0 Å². The standard InChI is InChI=1S/C18H28O2/c1-13-6-5-9-18(12-13,20-4)17(19)11-16-8-7-14(2)15(3)10-16/h7-8,10,13,17,19H,5-6,9,11-12H2,1-4H3. The van der Waals surface area contributed by atoms with E-state index in [1.807, 2.05) is 0 Å². The second kappa shape index (κ2) is 6.28. The van der Waals surface area contributed by atoms with E-state index in [1.54, 1.807) is 7.11 Å². The first-order chi connectivity index (χ1) is 9.47. The molecule has 112 valence electrons. The fraction of sp³-hybridized carbons (Fsp3) is 0.667. The van der Waals surface area contributed by atoms with Crippen molar-refractivity contribution in [2.24, 2.45) is 5.92 Å². The quantitative estimate of drug-likeness (QED) is 0.906. The Morgan fingerprint density at radius 1 is 1.35 bits per heavy atom. The molecule has 0 heterocycles. The summed E-state index contributed by atoms with van der Waals surface area (Å²) in [4.78, 5) is 0. The highest BCUT2D eigenvalue weighted by atomic mass is 16.5. The average Bonchev–Trinajstić information content (AvgIpc) is 2.42. The molecular formula is C18H28O2. The molecule has 0 radical (unpaired) electrons. The highest BCUT2D eigenvalue weighted by molar-refractivity contribution is 5.30. The molecule has 1 aliphatic carbocycles. The van der Waals surface area contributed by atoms with Crippen molar-refractivity contribution in [3.63, 3.8) is 0 Å². The van der Waals surface area contributed by atoms with Gasteiger partial charge in [0.15, 0.2) is 0 Å². The summed E-state index contributed by atoms with van der Waals surface area (Å²) in [6.45, 7) is 6.50. The van der Waals surface area contributed by atoms with Gasteiger partial charge in [0.1, 0.15) is 0 Å². The molecule has 2 heteroatoms. The van der Waals surface area contributed by atoms with Crippen LogP contribution in [0.3, 0.4) is 0 Å². The summed E-state index contributed by atoms with van der Waals surface area (Å²) in [7, 11) is 1.75. The van der Waals surface area contributed by atoms with Crippen LogP contribution in [-0.2, 0) is 11.2 Å². The van der Waals surface area contributed by atoms with Gasteiger partial charge in [0.25, 0.3) is 0 Å². The van der Waals surface area contributed by atoms with Gasteiger partial charge < -0.3 is 9.84 Å². The van der Waals surface area contributed by atoms with E-state index in [1.165, 1.54) is 23.1 Å². The highest BCUT2D eigenvalue weighted by Crippen LogP contribution is 2.38. The Balaban J connectivity index is 2.12. The number of rotatable bonds is 4. The molecule has 20 heavy (non-hydrogen) atoms. The summed E-state index contributed by atoms with van der Waals surface area (Å²) < 4.78 is 5.79. The summed E-state index contributed by atoms with van der Waals surface area (Å²) in [5.74, 6) is 0.637. The van der Waals surface area contributed by atoms with Crippen molar-refractivity contribution in [1.82, 2.24) is 0 Å². The Hall–Kier alpha value is -0.860. The van der Waals surface area contributed by atoms with Crippen molar-refractivity contribution in [3.05, 3.63) is 34.9 Å². The van der Waals surface area contributed by atoms with Crippen molar-refractivity contribution in [3.8, 4) is 0 Å². The number of hydrogen-bond acceptors (Lipinski definition) is 2. The Bertz CT molecular complexity index is 455. The number of hydrogen-bond donors (Lipinski definition) is 1. The van der Waals surface area contributed by atoms with E-state index in [-0.39, 0.29) is 5.60 Å². The summed E-state index contributed by atoms with van der Waals surface area (Å²) in [6, 6.07) is 6.45. The molecule has 0 aromatic heterocycles. The lowest BCUT2D eigenvalue weighted by Crippen LogP contribution is -2.48. The summed E-state index contributed by atoms with van der Waals surface area (Å²) in [5, 5.41) is 10.7. The van der Waals surface area contributed by atoms with E-state index in [9.17, 15) is 5.11 Å². The van der Waals surface area contributed by atoms with Crippen LogP contribution in [0, 0.1) is 19.8 Å². The van der Waals surface area contributed by atoms with Gasteiger partial charge in [0.05, 0.1) is 11.7 Å². The molecule has 0 aliphatic heterocycles. The molecule has 1 aromatic rings. The summed E-state index contributed by atoms with van der Waals surface area (Å²) in [6.07, 6.45) is 4.61. The topological polar surface area (TPSA) is 29.5 Å². The lowest BCUT2D eigenvalue weighted by molar-refractivity contribution is -0.131. The Morgan fingerprint density at radius 2 is 2.10 bits per heavy atom. The van der Waals surface area contributed by atoms with Crippen molar-refractivity contribution >= 4 is 0 Å². The van der Waals surface area contributed by atoms with Gasteiger partial charge in [0, 0.05) is 13.5 Å². The van der Waals surface area contributed by atoms with Crippen LogP contribution in [0.5, 0.6) is 0 Å². The molecule has 1 N–H and O–H groups in total. The molecule has 2 nitrogen and oxygen atoms in total. The van der Waals surface area contributed by atoms with E-state index >= 15 is 0 Å². The Morgan fingerprint density at radius 3 is 2.70 bits per heavy atom. The molecule has 3 atom stereocenters. The zero-order chi connectivity index (χ0) is 14.8. The number of aliphatic hydroxyl groups excluding tert-OH is 1. The number of aliphatic hydroxyl groups is 1. The molecule has 0 bridgehead atoms. The first-order valence-corrected chi connectivity index (χ1v) is 7.76. The minimum Gasteiger partial charge on any atom is -0.390 e. The molecule has 3 unspecified atom stereocenters. The lowest BCUT2D eigenvalue weighted by Gasteiger charge is -2.42. The molecule has 0 saturated heterocycles. The molecule has 2 rings (SSSR count). The highest BCUT2D eigenvalue weighted by Gasteiger charge is 2.41. The monoisotopic (exact) mass is 276 g/mol. The first kappa shape index (κ1) is 15.5. The van der Waals surface area contributed by atoms with Gasteiger partial charge >= 0.3 is 0 Å². The predicted molar refractivity (Wildman–Crippen MR) is 83.0 cm³/mol. The van der Waals surface area contributed by atoms with Crippen molar-refractivity contribution in [2.45, 2.75) is 64.6 Å². The maximum Gasteiger partial charge on any atom is 0.0942 e. The fourth-order valence-electron chi connectivity index (χ4n) is 3.51. The van der Waals surface area contributed by atoms with Crippen LogP contribution in [0.1, 0.15) is 49.3 Å². The SMILES string of the molecule is COC1(C(O)Cc2ccc(C)c(C)c2)CCCC(C)C1. The van der Waals surface area contributed by atoms with E-state index in [0.717, 1.165) is 19.3 Å². The molecule has 0 spiro atoms. The average molecular weight is 276 g/mol. The summed E-state index contributed by atoms with van der Waals surface area (Å²) >= 11 is 0. The van der Waals surface area contributed by atoms with Gasteiger partial charge in [-0.25, -0.2) is 0 Å². The normalized spacial score (nSPS) is 28.4. The van der Waals surface area contributed by atoms with Crippen LogP contribution in [0.15, 0.2) is 18.2 Å². The maximum atomic E-state index is 10.7. The third-order valence-electron chi connectivity index (χ3n) is 5.01. The number of benzene rings is 1. The van der Waals surface area contributed by atoms with Gasteiger partial charge in [-0.3, -0.25) is 0 Å². The first-order valence-electron chi connectivity index (χ1n) is 7.76. The molecule has 1 saturated carbocycles. The maximum absolute atomic E-state index is 10.7. The van der Waals surface area contributed by atoms with Gasteiger partial charge in [0.2, 0.25) is 0 Å². The Kier molecular flexibility index (Phi) is 4.87. The van der Waals surface area contributed by atoms with E-state index < -0.39 is 6.10 Å². The Labute approximate surface area is 123 Å². The van der Waals surface area contributed by atoms with Crippen LogP contribution in [0.2, 0.25) is 0 Å². The fourth-order valence-corrected chi connectivity index (χ4v) is 3.51. The van der Waals surface area contributed by atoms with Crippen LogP contribution < -0.4 is 0 Å². The minimum atomic E-state index is -0.419. The van der Waals surface area contributed by atoms with Crippen molar-refractivity contribution < 1.29 is 9.84 Å². The van der Waals surface area contributed by atoms with Gasteiger partial charge in [-0.2, -0.15) is 0 Å². The predicted octanol–water partition coefficient (Wildman–Crippen LogP) is 3.80. The lowest BCUT2D eigenvalue weighted by atomic mass is 9.74. The smallest absolute Gasteiger partial charge is 0.0942 e. The third-order valence-corrected chi connectivity index (χ3v) is 5.01. The van der Waals surface area contributed by atoms with Crippen molar-refractivity contribution in [2.75, 3.05) is 7.11 Å². The van der Waals surface area contributed by atoms with Gasteiger partial charge in [-0.1, -0.05) is 38.0 Å². The number of methoxy groups -OCH3 is 1. The molecule has 1 fully saturated rings. The second-order valence-corrected chi connectivity index (χ2v) is 6.61. The summed E-state index contributed by atoms with van der Waals surface area (Å²) in [5.41, 5.74) is 3.45. The van der Waals surface area contributed by atoms with E-state index in [2.05, 4.69) is 39.0 Å². The second-order valence-electron chi connectivity index (χ2n) is 6.61. The van der Waals surface area contributed by atoms with E-state index in [0.29, 0.717) is 12.3 Å². The van der Waals surface area contributed by atoms with Gasteiger partial charge in [-0.15, -0.1) is 0 Å². The number of ether oxygens (including phenoxy) is 1. The van der Waals surface area contributed by atoms with Crippen LogP contribution in [0.4, 0.5) is 0 Å². The van der Waals surface area contributed by atoms with Gasteiger partial charge in [-0.05, 0) is 49.3 Å². The third kappa shape index (κ3) is 3.24. The molecule has 1 aliphatic rings. The zero-order valence-electron chi connectivity index (χ0n) is 13.3. The van der Waals surface area contributed by atoms with Crippen LogP contribution in [0.25, 0.3) is 0 Å². The van der Waals surface area contributed by atoms with Crippen LogP contribution in [-0.4, -0.2) is 23.9 Å². The minimum absolute atomic E-state index is 0.351. The molecule has 0 amide bonds. The largest absolute Gasteiger partial charge is 0.390 e. The molecule has 1 aromatic carbocycles. The zero-order valence-corrected chi connectivity index (χ0v) is 13.3. The van der Waals surface area contributed by atoms with E-state index in [4.69, 9.17) is 4.74 Å². The molecular weight excluding hydrogens is 248 g/mol.